The molecule has 3 rings (SSSR count). The average Bonchev–Trinajstić information content (AvgIpc) is 2.64. The highest BCUT2D eigenvalue weighted by atomic mass is 35.5. The van der Waals surface area contributed by atoms with E-state index in [2.05, 4.69) is 5.32 Å². The second kappa shape index (κ2) is 7.70. The van der Waals surface area contributed by atoms with Crippen LogP contribution in [0.4, 0.5) is 5.69 Å². The van der Waals surface area contributed by atoms with Gasteiger partial charge in [-0.15, -0.1) is 0 Å². The molecule has 0 spiro atoms. The van der Waals surface area contributed by atoms with E-state index >= 15 is 0 Å². The number of hydrogen-bond donors (Lipinski definition) is 2. The van der Waals surface area contributed by atoms with Gasteiger partial charge in [-0.2, -0.15) is 0 Å². The van der Waals surface area contributed by atoms with Crippen LogP contribution in [0.1, 0.15) is 22.8 Å². The number of fused-ring (bicyclic) bond motifs is 1. The van der Waals surface area contributed by atoms with Crippen molar-refractivity contribution in [3.8, 4) is 11.5 Å². The third-order valence-corrected chi connectivity index (χ3v) is 5.36. The molecule has 7 heteroatoms. The Labute approximate surface area is 163 Å². The molecule has 0 amide bonds. The number of thiocarbonyl (C=S) groups is 1. The molecule has 0 aromatic heterocycles. The second-order valence-corrected chi connectivity index (χ2v) is 6.90. The lowest BCUT2D eigenvalue weighted by atomic mass is 9.95. The molecule has 1 atom stereocenters. The first kappa shape index (κ1) is 18.8. The number of aliphatic hydroxyl groups excluding tert-OH is 1. The van der Waals surface area contributed by atoms with E-state index in [1.807, 2.05) is 42.2 Å². The molecule has 26 heavy (non-hydrogen) atoms. The number of rotatable bonds is 3. The van der Waals surface area contributed by atoms with Crippen LogP contribution >= 0.6 is 23.8 Å². The van der Waals surface area contributed by atoms with Gasteiger partial charge in [-0.25, -0.2) is 0 Å². The van der Waals surface area contributed by atoms with Gasteiger partial charge in [0, 0.05) is 28.4 Å². The fourth-order valence-corrected chi connectivity index (χ4v) is 3.59. The molecule has 0 radical (unpaired) electrons. The van der Waals surface area contributed by atoms with E-state index in [0.29, 0.717) is 34.7 Å². The van der Waals surface area contributed by atoms with Gasteiger partial charge in [0.2, 0.25) is 0 Å². The summed E-state index contributed by atoms with van der Waals surface area (Å²) in [6.07, 6.45) is -0.732. The first-order valence-corrected chi connectivity index (χ1v) is 8.97. The van der Waals surface area contributed by atoms with Crippen molar-refractivity contribution in [2.24, 2.45) is 0 Å². The zero-order valence-electron chi connectivity index (χ0n) is 14.9. The molecule has 5 nitrogen and oxygen atoms in total. The van der Waals surface area contributed by atoms with Gasteiger partial charge in [-0.1, -0.05) is 17.7 Å². The summed E-state index contributed by atoms with van der Waals surface area (Å²) in [6, 6.07) is 9.27. The predicted molar refractivity (Wildman–Crippen MR) is 107 cm³/mol. The molecule has 0 saturated heterocycles. The van der Waals surface area contributed by atoms with Crippen LogP contribution in [-0.4, -0.2) is 35.9 Å². The van der Waals surface area contributed by atoms with E-state index in [1.165, 1.54) is 0 Å². The van der Waals surface area contributed by atoms with Crippen molar-refractivity contribution >= 4 is 34.6 Å². The smallest absolute Gasteiger partial charge is 0.173 e. The largest absolute Gasteiger partial charge is 0.496 e. The molecule has 0 bridgehead atoms. The third-order valence-electron chi connectivity index (χ3n) is 4.59. The lowest BCUT2D eigenvalue weighted by Crippen LogP contribution is -2.41. The highest BCUT2D eigenvalue weighted by molar-refractivity contribution is 7.80. The van der Waals surface area contributed by atoms with Crippen LogP contribution in [0, 0.1) is 6.92 Å². The van der Waals surface area contributed by atoms with Gasteiger partial charge in [0.05, 0.1) is 20.8 Å². The van der Waals surface area contributed by atoms with Crippen LogP contribution in [0.25, 0.3) is 0 Å². The van der Waals surface area contributed by atoms with Crippen molar-refractivity contribution < 1.29 is 14.6 Å². The lowest BCUT2D eigenvalue weighted by Gasteiger charge is -2.35. The van der Waals surface area contributed by atoms with E-state index in [9.17, 15) is 5.11 Å². The Morgan fingerprint density at radius 2 is 1.92 bits per heavy atom. The van der Waals surface area contributed by atoms with Crippen LogP contribution in [0.5, 0.6) is 11.5 Å². The molecule has 1 aliphatic rings. The molecule has 0 aliphatic carbocycles. The minimum atomic E-state index is -0.732. The second-order valence-electron chi connectivity index (χ2n) is 6.10. The van der Waals surface area contributed by atoms with Crippen molar-refractivity contribution in [3.05, 3.63) is 52.0 Å². The molecular formula is C19H21ClN2O3S. The quantitative estimate of drug-likeness (QED) is 0.772. The zero-order chi connectivity index (χ0) is 18.8. The Kier molecular flexibility index (Phi) is 5.55. The highest BCUT2D eigenvalue weighted by Crippen LogP contribution is 2.39. The lowest BCUT2D eigenvalue weighted by molar-refractivity contribution is 0.123. The number of hydrogen-bond acceptors (Lipinski definition) is 4. The fraction of sp³-hybridized carbons (Fsp3) is 0.316. The normalized spacial score (nSPS) is 16.0. The molecule has 2 aromatic carbocycles. The molecule has 1 heterocycles. The fourth-order valence-electron chi connectivity index (χ4n) is 3.17. The van der Waals surface area contributed by atoms with E-state index < -0.39 is 6.10 Å². The van der Waals surface area contributed by atoms with Gasteiger partial charge in [0.1, 0.15) is 17.6 Å². The summed E-state index contributed by atoms with van der Waals surface area (Å²) in [6.45, 7) is 2.81. The summed E-state index contributed by atoms with van der Waals surface area (Å²) < 4.78 is 10.9. The van der Waals surface area contributed by atoms with Gasteiger partial charge in [-0.05, 0) is 49.0 Å². The minimum absolute atomic E-state index is 0.363. The highest BCUT2D eigenvalue weighted by Gasteiger charge is 2.30. The Hall–Kier alpha value is -2.02. The molecule has 2 aromatic rings. The average molecular weight is 393 g/mol. The van der Waals surface area contributed by atoms with Crippen LogP contribution < -0.4 is 14.8 Å². The molecule has 0 unspecified atom stereocenters. The summed E-state index contributed by atoms with van der Waals surface area (Å²) in [5.41, 5.74) is 3.40. The Balaban J connectivity index is 1.88. The van der Waals surface area contributed by atoms with Crippen molar-refractivity contribution in [1.29, 1.82) is 0 Å². The minimum Gasteiger partial charge on any atom is -0.496 e. The third kappa shape index (κ3) is 3.45. The standard InChI is InChI=1S/C19H21ClN2O3S/c1-11-13(20)5-4-6-14(11)21-19(26)22-9-12-16(24-2)7-8-17(25-3)18(12)15(23)10-22/h4-8,15,23H,9-10H2,1-3H3,(H,21,26)/t15-/m1/s1. The van der Waals surface area contributed by atoms with Crippen molar-refractivity contribution in [2.45, 2.75) is 19.6 Å². The summed E-state index contributed by atoms with van der Waals surface area (Å²) in [4.78, 5) is 1.91. The maximum atomic E-state index is 10.7. The van der Waals surface area contributed by atoms with E-state index in [0.717, 1.165) is 22.4 Å². The number of nitrogens with one attached hydrogen (secondary N) is 1. The van der Waals surface area contributed by atoms with Crippen molar-refractivity contribution in [2.75, 3.05) is 26.1 Å². The number of methoxy groups -OCH3 is 2. The van der Waals surface area contributed by atoms with Crippen LogP contribution in [0.15, 0.2) is 30.3 Å². The molecule has 138 valence electrons. The first-order valence-electron chi connectivity index (χ1n) is 8.19. The molecule has 2 N–H and O–H groups in total. The molecule has 0 saturated carbocycles. The van der Waals surface area contributed by atoms with Gasteiger partial charge in [-0.3, -0.25) is 0 Å². The SMILES string of the molecule is COc1ccc(OC)c2c1CN(C(=S)Nc1cccc(Cl)c1C)C[C@H]2O. The number of β-amino-alcohol motifs (C(OH)–C–C–N with tert-alkyl or cyclic N) is 1. The number of halogens is 1. The van der Waals surface area contributed by atoms with E-state index in [-0.39, 0.29) is 0 Å². The number of benzene rings is 2. The van der Waals surface area contributed by atoms with Gasteiger partial charge in [0.15, 0.2) is 5.11 Å². The van der Waals surface area contributed by atoms with Crippen LogP contribution in [0.2, 0.25) is 5.02 Å². The summed E-state index contributed by atoms with van der Waals surface area (Å²) in [5.74, 6) is 1.35. The van der Waals surface area contributed by atoms with E-state index in [1.54, 1.807) is 14.2 Å². The summed E-state index contributed by atoms with van der Waals surface area (Å²) >= 11 is 11.7. The Bertz CT molecular complexity index is 844. The predicted octanol–water partition coefficient (Wildman–Crippen LogP) is 3.91. The monoisotopic (exact) mass is 392 g/mol. The summed E-state index contributed by atoms with van der Waals surface area (Å²) in [5, 5.41) is 15.1. The Morgan fingerprint density at radius 1 is 1.23 bits per heavy atom. The van der Waals surface area contributed by atoms with Gasteiger partial charge in [0.25, 0.3) is 0 Å². The van der Waals surface area contributed by atoms with Crippen molar-refractivity contribution in [1.82, 2.24) is 4.90 Å². The van der Waals surface area contributed by atoms with Gasteiger partial charge < -0.3 is 24.8 Å². The number of ether oxygens (including phenoxy) is 2. The van der Waals surface area contributed by atoms with Crippen LogP contribution in [-0.2, 0) is 6.54 Å². The molecular weight excluding hydrogens is 372 g/mol. The number of anilines is 1. The van der Waals surface area contributed by atoms with E-state index in [4.69, 9.17) is 33.3 Å². The van der Waals surface area contributed by atoms with Crippen LogP contribution in [0.3, 0.4) is 0 Å². The number of aliphatic hydroxyl groups is 1. The maximum absolute atomic E-state index is 10.7. The van der Waals surface area contributed by atoms with Gasteiger partial charge >= 0.3 is 0 Å². The van der Waals surface area contributed by atoms with Crippen molar-refractivity contribution in [3.63, 3.8) is 0 Å². The maximum Gasteiger partial charge on any atom is 0.173 e. The topological polar surface area (TPSA) is 54.0 Å². The molecule has 0 fully saturated rings. The number of nitrogens with zero attached hydrogens (tertiary/aromatic N) is 1. The molecule has 1 aliphatic heterocycles. The first-order chi connectivity index (χ1) is 12.5. The Morgan fingerprint density at radius 3 is 2.62 bits per heavy atom. The zero-order valence-corrected chi connectivity index (χ0v) is 16.4. The summed E-state index contributed by atoms with van der Waals surface area (Å²) in [7, 11) is 3.20.